The maximum atomic E-state index is 11.5. The molecule has 5 heteroatoms. The molecule has 1 unspecified atom stereocenters. The molecule has 0 aromatic carbocycles. The highest BCUT2D eigenvalue weighted by molar-refractivity contribution is 5.68. The summed E-state index contributed by atoms with van der Waals surface area (Å²) in [6.07, 6.45) is 2.23. The van der Waals surface area contributed by atoms with Gasteiger partial charge in [-0.2, -0.15) is 0 Å². The highest BCUT2D eigenvalue weighted by Gasteiger charge is 2.19. The van der Waals surface area contributed by atoms with Crippen molar-refractivity contribution in [3.63, 3.8) is 0 Å². The number of carbonyl (C=O) groups is 1. The van der Waals surface area contributed by atoms with Crippen LogP contribution in [0.4, 0.5) is 4.79 Å². The van der Waals surface area contributed by atoms with Crippen LogP contribution in [0.25, 0.3) is 0 Å². The van der Waals surface area contributed by atoms with Crippen molar-refractivity contribution in [3.05, 3.63) is 0 Å². The molecule has 0 radical (unpaired) electrons. The van der Waals surface area contributed by atoms with Gasteiger partial charge in [0.25, 0.3) is 0 Å². The first-order valence-electron chi connectivity index (χ1n) is 6.09. The van der Waals surface area contributed by atoms with E-state index in [1.807, 2.05) is 27.7 Å². The number of nitrogens with one attached hydrogen (secondary N) is 1. The molecule has 0 saturated carbocycles. The fourth-order valence-corrected chi connectivity index (χ4v) is 1.91. The van der Waals surface area contributed by atoms with Gasteiger partial charge in [-0.15, -0.1) is 0 Å². The average Bonchev–Trinajstić information content (AvgIpc) is 2.51. The molecule has 1 rings (SSSR count). The van der Waals surface area contributed by atoms with Crippen LogP contribution in [0.3, 0.4) is 0 Å². The molecule has 0 spiro atoms. The SMILES string of the molecule is CC(CN1CCCC1)NC(=O)OC(C)(C)C.N. The second-order valence-electron chi connectivity index (χ2n) is 5.55. The summed E-state index contributed by atoms with van der Waals surface area (Å²) in [7, 11) is 0. The van der Waals surface area contributed by atoms with Crippen molar-refractivity contribution in [2.45, 2.75) is 52.2 Å². The van der Waals surface area contributed by atoms with Gasteiger partial charge in [0.05, 0.1) is 0 Å². The van der Waals surface area contributed by atoms with E-state index in [9.17, 15) is 4.79 Å². The predicted octanol–water partition coefficient (Wildman–Crippen LogP) is 2.16. The summed E-state index contributed by atoms with van der Waals surface area (Å²) in [4.78, 5) is 13.9. The molecule has 0 aliphatic carbocycles. The second kappa shape index (κ2) is 6.81. The standard InChI is InChI=1S/C12H24N2O2.H3N/c1-10(9-14-7-5-6-8-14)13-11(15)16-12(2,3)4;/h10H,5-9H2,1-4H3,(H,13,15);1H3. The van der Waals surface area contributed by atoms with E-state index in [1.54, 1.807) is 0 Å². The van der Waals surface area contributed by atoms with Crippen molar-refractivity contribution >= 4 is 6.09 Å². The van der Waals surface area contributed by atoms with Crippen LogP contribution in [0, 0.1) is 0 Å². The van der Waals surface area contributed by atoms with Gasteiger partial charge in [-0.1, -0.05) is 0 Å². The smallest absolute Gasteiger partial charge is 0.407 e. The zero-order chi connectivity index (χ0) is 12.2. The Labute approximate surface area is 104 Å². The van der Waals surface area contributed by atoms with Crippen molar-refractivity contribution < 1.29 is 9.53 Å². The minimum Gasteiger partial charge on any atom is -0.444 e. The van der Waals surface area contributed by atoms with Crippen LogP contribution in [-0.4, -0.2) is 42.3 Å². The van der Waals surface area contributed by atoms with E-state index in [0.29, 0.717) is 0 Å². The normalized spacial score (nSPS) is 18.4. The highest BCUT2D eigenvalue weighted by atomic mass is 16.6. The van der Waals surface area contributed by atoms with Crippen molar-refractivity contribution in [1.29, 1.82) is 0 Å². The van der Waals surface area contributed by atoms with Crippen LogP contribution in [0.1, 0.15) is 40.5 Å². The molecular weight excluding hydrogens is 218 g/mol. The predicted molar refractivity (Wildman–Crippen MR) is 69.5 cm³/mol. The molecule has 1 atom stereocenters. The van der Waals surface area contributed by atoms with Gasteiger partial charge < -0.3 is 21.1 Å². The molecule has 1 saturated heterocycles. The third kappa shape index (κ3) is 7.18. The number of ether oxygens (including phenoxy) is 1. The van der Waals surface area contributed by atoms with Gasteiger partial charge in [-0.3, -0.25) is 0 Å². The van der Waals surface area contributed by atoms with E-state index >= 15 is 0 Å². The zero-order valence-corrected chi connectivity index (χ0v) is 11.6. The molecule has 17 heavy (non-hydrogen) atoms. The van der Waals surface area contributed by atoms with Crippen LogP contribution in [0.5, 0.6) is 0 Å². The minimum atomic E-state index is -0.419. The third-order valence-electron chi connectivity index (χ3n) is 2.49. The molecule has 1 amide bonds. The summed E-state index contributed by atoms with van der Waals surface area (Å²) in [5.74, 6) is 0. The van der Waals surface area contributed by atoms with Crippen molar-refractivity contribution in [2.75, 3.05) is 19.6 Å². The Hall–Kier alpha value is -0.810. The quantitative estimate of drug-likeness (QED) is 0.798. The van der Waals surface area contributed by atoms with Crippen LogP contribution in [0.15, 0.2) is 0 Å². The molecular formula is C12H27N3O2. The van der Waals surface area contributed by atoms with Crippen molar-refractivity contribution in [2.24, 2.45) is 0 Å². The average molecular weight is 245 g/mol. The number of rotatable bonds is 3. The minimum absolute atomic E-state index is 0. The summed E-state index contributed by atoms with van der Waals surface area (Å²) < 4.78 is 5.20. The molecule has 1 fully saturated rings. The molecule has 4 N–H and O–H groups in total. The first-order valence-corrected chi connectivity index (χ1v) is 6.09. The lowest BCUT2D eigenvalue weighted by molar-refractivity contribution is 0.0499. The Balaban J connectivity index is 0.00000256. The van der Waals surface area contributed by atoms with Gasteiger partial charge >= 0.3 is 6.09 Å². The number of nitrogens with zero attached hydrogens (tertiary/aromatic N) is 1. The molecule has 1 aliphatic rings. The summed E-state index contributed by atoms with van der Waals surface area (Å²) >= 11 is 0. The second-order valence-corrected chi connectivity index (χ2v) is 5.55. The van der Waals surface area contributed by atoms with Gasteiger partial charge in [0, 0.05) is 12.6 Å². The fourth-order valence-electron chi connectivity index (χ4n) is 1.91. The van der Waals surface area contributed by atoms with E-state index in [4.69, 9.17) is 4.74 Å². The number of alkyl carbamates (subject to hydrolysis) is 1. The number of amides is 1. The molecule has 102 valence electrons. The van der Waals surface area contributed by atoms with Crippen LogP contribution in [0.2, 0.25) is 0 Å². The third-order valence-corrected chi connectivity index (χ3v) is 2.49. The maximum Gasteiger partial charge on any atom is 0.407 e. The van der Waals surface area contributed by atoms with Crippen molar-refractivity contribution in [1.82, 2.24) is 16.4 Å². The topological polar surface area (TPSA) is 76.6 Å². The number of likely N-dealkylation sites (tertiary alicyclic amines) is 1. The molecule has 1 aliphatic heterocycles. The Morgan fingerprint density at radius 3 is 2.35 bits per heavy atom. The van der Waals surface area contributed by atoms with Gasteiger partial charge in [0.15, 0.2) is 0 Å². The first-order chi connectivity index (χ1) is 7.37. The molecule has 0 aromatic rings. The summed E-state index contributed by atoms with van der Waals surface area (Å²) in [6.45, 7) is 10.9. The zero-order valence-electron chi connectivity index (χ0n) is 11.6. The molecule has 0 aromatic heterocycles. The summed E-state index contributed by atoms with van der Waals surface area (Å²) in [5.41, 5.74) is -0.419. The molecule has 5 nitrogen and oxygen atoms in total. The number of hydrogen-bond acceptors (Lipinski definition) is 4. The number of hydrogen-bond donors (Lipinski definition) is 2. The lowest BCUT2D eigenvalue weighted by Crippen LogP contribution is -2.43. The Kier molecular flexibility index (Phi) is 6.49. The lowest BCUT2D eigenvalue weighted by atomic mass is 10.2. The molecule has 0 bridgehead atoms. The number of carbonyl (C=O) groups excluding carboxylic acids is 1. The Morgan fingerprint density at radius 1 is 1.35 bits per heavy atom. The first kappa shape index (κ1) is 16.2. The lowest BCUT2D eigenvalue weighted by Gasteiger charge is -2.24. The van der Waals surface area contributed by atoms with E-state index < -0.39 is 5.60 Å². The van der Waals surface area contributed by atoms with E-state index in [0.717, 1.165) is 19.6 Å². The largest absolute Gasteiger partial charge is 0.444 e. The van der Waals surface area contributed by atoms with Gasteiger partial charge in [-0.05, 0) is 53.6 Å². The fraction of sp³-hybridized carbons (Fsp3) is 0.917. The van der Waals surface area contributed by atoms with Crippen LogP contribution in [-0.2, 0) is 4.74 Å². The van der Waals surface area contributed by atoms with E-state index in [2.05, 4.69) is 10.2 Å². The summed E-state index contributed by atoms with van der Waals surface area (Å²) in [6, 6.07) is 0.146. The van der Waals surface area contributed by atoms with E-state index in [-0.39, 0.29) is 18.3 Å². The van der Waals surface area contributed by atoms with Gasteiger partial charge in [0.2, 0.25) is 0 Å². The van der Waals surface area contributed by atoms with E-state index in [1.165, 1.54) is 12.8 Å². The highest BCUT2D eigenvalue weighted by Crippen LogP contribution is 2.09. The van der Waals surface area contributed by atoms with Crippen molar-refractivity contribution in [3.8, 4) is 0 Å². The maximum absolute atomic E-state index is 11.5. The van der Waals surface area contributed by atoms with Gasteiger partial charge in [-0.25, -0.2) is 4.79 Å². The summed E-state index contributed by atoms with van der Waals surface area (Å²) in [5, 5.41) is 2.86. The monoisotopic (exact) mass is 245 g/mol. The van der Waals surface area contributed by atoms with Gasteiger partial charge in [0.1, 0.15) is 5.60 Å². The Bertz CT molecular complexity index is 232. The van der Waals surface area contributed by atoms with Crippen LogP contribution < -0.4 is 11.5 Å². The Morgan fingerprint density at radius 2 is 1.88 bits per heavy atom. The molecule has 1 heterocycles. The van der Waals surface area contributed by atoms with Crippen LogP contribution >= 0.6 is 0 Å².